The van der Waals surface area contributed by atoms with E-state index in [9.17, 15) is 8.42 Å². The highest BCUT2D eigenvalue weighted by atomic mass is 35.5. The van der Waals surface area contributed by atoms with Crippen molar-refractivity contribution in [3.8, 4) is 0 Å². The SMILES string of the molecule is CCCCCCC[C@H]1C[C@H](Cl)CCN1S(=O)(=O)c1ccc(C)cc1. The van der Waals surface area contributed by atoms with Crippen LogP contribution in [0.4, 0.5) is 0 Å². The highest BCUT2D eigenvalue weighted by Gasteiger charge is 2.35. The maximum Gasteiger partial charge on any atom is 0.243 e. The fraction of sp³-hybridized carbons (Fsp3) is 0.684. The van der Waals surface area contributed by atoms with Crippen LogP contribution in [0.1, 0.15) is 63.9 Å². The molecule has 1 fully saturated rings. The van der Waals surface area contributed by atoms with Crippen molar-refractivity contribution in [2.75, 3.05) is 6.54 Å². The van der Waals surface area contributed by atoms with Gasteiger partial charge in [0.25, 0.3) is 0 Å². The number of halogens is 1. The first kappa shape index (κ1) is 19.7. The van der Waals surface area contributed by atoms with Crippen LogP contribution in [-0.2, 0) is 10.0 Å². The van der Waals surface area contributed by atoms with Crippen molar-refractivity contribution in [2.24, 2.45) is 0 Å². The minimum atomic E-state index is -3.42. The van der Waals surface area contributed by atoms with E-state index in [4.69, 9.17) is 11.6 Å². The van der Waals surface area contributed by atoms with E-state index in [1.807, 2.05) is 19.1 Å². The molecule has 0 amide bonds. The summed E-state index contributed by atoms with van der Waals surface area (Å²) >= 11 is 6.33. The van der Waals surface area contributed by atoms with Gasteiger partial charge >= 0.3 is 0 Å². The van der Waals surface area contributed by atoms with Gasteiger partial charge in [0.2, 0.25) is 10.0 Å². The Kier molecular flexibility index (Phi) is 7.58. The number of hydrogen-bond acceptors (Lipinski definition) is 2. The fourth-order valence-electron chi connectivity index (χ4n) is 3.39. The second-order valence-electron chi connectivity index (χ2n) is 6.91. The third-order valence-electron chi connectivity index (χ3n) is 4.87. The van der Waals surface area contributed by atoms with Gasteiger partial charge in [-0.3, -0.25) is 0 Å². The summed E-state index contributed by atoms with van der Waals surface area (Å²) in [6.07, 6.45) is 8.38. The standard InChI is InChI=1S/C19H30ClNO2S/c1-3-4-5-6-7-8-18-15-17(20)13-14-21(18)24(22,23)19-11-9-16(2)10-12-19/h9-12,17-18H,3-8,13-15H2,1-2H3/t17-,18+/m1/s1. The summed E-state index contributed by atoms with van der Waals surface area (Å²) in [6.45, 7) is 4.70. The van der Waals surface area contributed by atoms with E-state index < -0.39 is 10.0 Å². The van der Waals surface area contributed by atoms with Crippen molar-refractivity contribution < 1.29 is 8.42 Å². The van der Waals surface area contributed by atoms with Crippen LogP contribution in [0.25, 0.3) is 0 Å². The minimum Gasteiger partial charge on any atom is -0.207 e. The molecule has 1 aliphatic rings. The Hall–Kier alpha value is -0.580. The molecule has 0 N–H and O–H groups in total. The average Bonchev–Trinajstić information content (AvgIpc) is 2.55. The summed E-state index contributed by atoms with van der Waals surface area (Å²) in [5.74, 6) is 0. The lowest BCUT2D eigenvalue weighted by Gasteiger charge is -2.37. The predicted octanol–water partition coefficient (Wildman–Crippen LogP) is 5.12. The summed E-state index contributed by atoms with van der Waals surface area (Å²) in [7, 11) is -3.42. The Bertz CT molecular complexity index is 600. The smallest absolute Gasteiger partial charge is 0.207 e. The number of alkyl halides is 1. The summed E-state index contributed by atoms with van der Waals surface area (Å²) in [4.78, 5) is 0.400. The van der Waals surface area contributed by atoms with Crippen molar-refractivity contribution in [2.45, 2.75) is 81.5 Å². The lowest BCUT2D eigenvalue weighted by Crippen LogP contribution is -2.46. The third kappa shape index (κ3) is 5.21. The van der Waals surface area contributed by atoms with Crippen LogP contribution in [0.5, 0.6) is 0 Å². The van der Waals surface area contributed by atoms with E-state index in [1.165, 1.54) is 25.7 Å². The molecule has 1 aromatic rings. The van der Waals surface area contributed by atoms with Gasteiger partial charge in [0, 0.05) is 18.0 Å². The average molecular weight is 372 g/mol. The lowest BCUT2D eigenvalue weighted by molar-refractivity contribution is 0.239. The van der Waals surface area contributed by atoms with Gasteiger partial charge < -0.3 is 0 Å². The number of piperidine rings is 1. The molecular formula is C19H30ClNO2S. The van der Waals surface area contributed by atoms with Crippen LogP contribution >= 0.6 is 11.6 Å². The zero-order chi connectivity index (χ0) is 17.6. The Morgan fingerprint density at radius 3 is 2.46 bits per heavy atom. The first-order chi connectivity index (χ1) is 11.4. The molecule has 0 spiro atoms. The molecule has 1 aliphatic heterocycles. The minimum absolute atomic E-state index is 0.0363. The number of rotatable bonds is 8. The number of hydrogen-bond donors (Lipinski definition) is 0. The van der Waals surface area contributed by atoms with Gasteiger partial charge in [0.1, 0.15) is 0 Å². The maximum absolute atomic E-state index is 13.0. The Morgan fingerprint density at radius 1 is 1.12 bits per heavy atom. The molecule has 0 bridgehead atoms. The topological polar surface area (TPSA) is 37.4 Å². The Labute approximate surface area is 152 Å². The number of unbranched alkanes of at least 4 members (excludes halogenated alkanes) is 4. The molecule has 1 saturated heterocycles. The number of benzene rings is 1. The number of nitrogens with zero attached hydrogens (tertiary/aromatic N) is 1. The molecule has 3 nitrogen and oxygen atoms in total. The van der Waals surface area contributed by atoms with Crippen molar-refractivity contribution in [1.29, 1.82) is 0 Å². The maximum atomic E-state index is 13.0. The molecule has 24 heavy (non-hydrogen) atoms. The van der Waals surface area contributed by atoms with E-state index in [0.29, 0.717) is 11.4 Å². The van der Waals surface area contributed by atoms with Gasteiger partial charge in [-0.1, -0.05) is 56.7 Å². The van der Waals surface area contributed by atoms with Crippen LogP contribution in [0, 0.1) is 6.92 Å². The third-order valence-corrected chi connectivity index (χ3v) is 7.23. The summed E-state index contributed by atoms with van der Waals surface area (Å²) in [6, 6.07) is 7.20. The highest BCUT2D eigenvalue weighted by molar-refractivity contribution is 7.89. The van der Waals surface area contributed by atoms with Crippen molar-refractivity contribution in [3.05, 3.63) is 29.8 Å². The van der Waals surface area contributed by atoms with Gasteiger partial charge in [-0.05, 0) is 38.3 Å². The van der Waals surface area contributed by atoms with Gasteiger partial charge in [-0.25, -0.2) is 8.42 Å². The molecule has 1 aromatic carbocycles. The van der Waals surface area contributed by atoms with Crippen LogP contribution in [0.15, 0.2) is 29.2 Å². The summed E-state index contributed by atoms with van der Waals surface area (Å²) in [5, 5.41) is 0.0927. The van der Waals surface area contributed by atoms with Crippen LogP contribution < -0.4 is 0 Å². The molecule has 5 heteroatoms. The molecule has 0 radical (unpaired) electrons. The molecular weight excluding hydrogens is 342 g/mol. The Morgan fingerprint density at radius 2 is 1.79 bits per heavy atom. The van der Waals surface area contributed by atoms with E-state index >= 15 is 0 Å². The van der Waals surface area contributed by atoms with E-state index in [1.54, 1.807) is 16.4 Å². The van der Waals surface area contributed by atoms with E-state index in [0.717, 1.165) is 31.2 Å². The molecule has 0 unspecified atom stereocenters. The molecule has 136 valence electrons. The molecule has 0 aromatic heterocycles. The van der Waals surface area contributed by atoms with Gasteiger partial charge in [0.15, 0.2) is 0 Å². The van der Waals surface area contributed by atoms with Crippen molar-refractivity contribution in [3.63, 3.8) is 0 Å². The summed E-state index contributed by atoms with van der Waals surface area (Å²) in [5.41, 5.74) is 1.07. The summed E-state index contributed by atoms with van der Waals surface area (Å²) < 4.78 is 27.8. The molecule has 0 aliphatic carbocycles. The zero-order valence-electron chi connectivity index (χ0n) is 14.9. The second kappa shape index (κ2) is 9.21. The first-order valence-electron chi connectivity index (χ1n) is 9.17. The largest absolute Gasteiger partial charge is 0.243 e. The van der Waals surface area contributed by atoms with Crippen LogP contribution in [-0.4, -0.2) is 30.7 Å². The molecule has 1 heterocycles. The van der Waals surface area contributed by atoms with Gasteiger partial charge in [-0.2, -0.15) is 4.31 Å². The van der Waals surface area contributed by atoms with Crippen molar-refractivity contribution in [1.82, 2.24) is 4.31 Å². The van der Waals surface area contributed by atoms with Crippen LogP contribution in [0.3, 0.4) is 0 Å². The normalized spacial score (nSPS) is 22.6. The highest BCUT2D eigenvalue weighted by Crippen LogP contribution is 2.30. The first-order valence-corrected chi connectivity index (χ1v) is 11.1. The van der Waals surface area contributed by atoms with E-state index in [2.05, 4.69) is 6.92 Å². The van der Waals surface area contributed by atoms with Crippen LogP contribution in [0.2, 0.25) is 0 Å². The lowest BCUT2D eigenvalue weighted by atomic mass is 9.98. The van der Waals surface area contributed by atoms with Crippen molar-refractivity contribution >= 4 is 21.6 Å². The number of aryl methyl sites for hydroxylation is 1. The van der Waals surface area contributed by atoms with Gasteiger partial charge in [-0.15, -0.1) is 11.6 Å². The molecule has 2 atom stereocenters. The second-order valence-corrected chi connectivity index (χ2v) is 9.41. The van der Waals surface area contributed by atoms with Gasteiger partial charge in [0.05, 0.1) is 4.90 Å². The fourth-order valence-corrected chi connectivity index (χ4v) is 5.37. The monoisotopic (exact) mass is 371 g/mol. The number of sulfonamides is 1. The Balaban J connectivity index is 2.07. The molecule has 0 saturated carbocycles. The molecule has 2 rings (SSSR count). The zero-order valence-corrected chi connectivity index (χ0v) is 16.5. The quantitative estimate of drug-likeness (QED) is 0.470. The predicted molar refractivity (Wildman–Crippen MR) is 101 cm³/mol. The van der Waals surface area contributed by atoms with E-state index in [-0.39, 0.29) is 11.4 Å².